The third-order valence-corrected chi connectivity index (χ3v) is 4.49. The summed E-state index contributed by atoms with van der Waals surface area (Å²) in [5.41, 5.74) is 1.07. The van der Waals surface area contributed by atoms with E-state index in [1.165, 1.54) is 4.90 Å². The van der Waals surface area contributed by atoms with Gasteiger partial charge in [0.15, 0.2) is 0 Å². The average molecular weight is 324 g/mol. The van der Waals surface area contributed by atoms with Gasteiger partial charge in [0.25, 0.3) is 11.8 Å². The molecule has 0 bridgehead atoms. The van der Waals surface area contributed by atoms with Gasteiger partial charge in [-0.05, 0) is 45.1 Å². The number of benzene rings is 1. The molecule has 120 valence electrons. The van der Waals surface area contributed by atoms with E-state index in [4.69, 9.17) is 0 Å². The van der Waals surface area contributed by atoms with E-state index < -0.39 is 0 Å². The van der Waals surface area contributed by atoms with E-state index in [1.54, 1.807) is 24.3 Å². The van der Waals surface area contributed by atoms with E-state index in [1.807, 2.05) is 0 Å². The van der Waals surface area contributed by atoms with Crippen molar-refractivity contribution in [1.82, 2.24) is 15.1 Å². The first-order chi connectivity index (χ1) is 10.2. The Bertz CT molecular complexity index is 523. The van der Waals surface area contributed by atoms with Crippen LogP contribution >= 0.6 is 12.4 Å². The maximum atomic E-state index is 12.3. The Kier molecular flexibility index (Phi) is 5.56. The second kappa shape index (κ2) is 7.22. The zero-order chi connectivity index (χ0) is 14.8. The lowest BCUT2D eigenvalue weighted by Crippen LogP contribution is -2.45. The van der Waals surface area contributed by atoms with Crippen molar-refractivity contribution in [2.45, 2.75) is 18.9 Å². The zero-order valence-electron chi connectivity index (χ0n) is 12.7. The van der Waals surface area contributed by atoms with E-state index in [-0.39, 0.29) is 24.2 Å². The number of fused-ring (bicyclic) bond motifs is 1. The molecule has 1 aromatic rings. The van der Waals surface area contributed by atoms with Crippen molar-refractivity contribution in [3.63, 3.8) is 0 Å². The standard InChI is InChI=1S/C16H21N3O2.ClH/c1-18(12-6-8-17-9-7-12)10-11-19-15(20)13-4-2-3-5-14(13)16(19)21;/h2-5,12,17H,6-11H2,1H3;1H. The molecule has 1 fully saturated rings. The van der Waals surface area contributed by atoms with Crippen LogP contribution in [0.4, 0.5) is 0 Å². The molecule has 5 nitrogen and oxygen atoms in total. The van der Waals surface area contributed by atoms with Crippen LogP contribution in [0.5, 0.6) is 0 Å². The average Bonchev–Trinajstić information content (AvgIpc) is 2.78. The number of hydrogen-bond donors (Lipinski definition) is 1. The number of amides is 2. The summed E-state index contributed by atoms with van der Waals surface area (Å²) in [4.78, 5) is 28.2. The normalized spacial score (nSPS) is 18.5. The monoisotopic (exact) mass is 323 g/mol. The van der Waals surface area contributed by atoms with Crippen LogP contribution in [0, 0.1) is 0 Å². The summed E-state index contributed by atoms with van der Waals surface area (Å²) in [5, 5.41) is 3.35. The maximum absolute atomic E-state index is 12.3. The number of piperidine rings is 1. The fraction of sp³-hybridized carbons (Fsp3) is 0.500. The van der Waals surface area contributed by atoms with Crippen molar-refractivity contribution in [2.75, 3.05) is 33.2 Å². The number of nitrogens with zero attached hydrogens (tertiary/aromatic N) is 2. The Balaban J connectivity index is 0.00000176. The number of nitrogens with one attached hydrogen (secondary N) is 1. The van der Waals surface area contributed by atoms with Gasteiger partial charge >= 0.3 is 0 Å². The summed E-state index contributed by atoms with van der Waals surface area (Å²) in [6.07, 6.45) is 2.25. The number of hydrogen-bond acceptors (Lipinski definition) is 4. The third-order valence-electron chi connectivity index (χ3n) is 4.49. The highest BCUT2D eigenvalue weighted by molar-refractivity contribution is 6.21. The summed E-state index contributed by atoms with van der Waals surface area (Å²) >= 11 is 0. The molecule has 2 aliphatic heterocycles. The van der Waals surface area contributed by atoms with Crippen molar-refractivity contribution in [3.8, 4) is 0 Å². The van der Waals surface area contributed by atoms with Gasteiger partial charge < -0.3 is 10.2 Å². The highest BCUT2D eigenvalue weighted by Crippen LogP contribution is 2.22. The summed E-state index contributed by atoms with van der Waals surface area (Å²) < 4.78 is 0. The van der Waals surface area contributed by atoms with Gasteiger partial charge in [0.2, 0.25) is 0 Å². The molecule has 22 heavy (non-hydrogen) atoms. The lowest BCUT2D eigenvalue weighted by Gasteiger charge is -2.32. The maximum Gasteiger partial charge on any atom is 0.261 e. The Labute approximate surface area is 137 Å². The molecule has 0 saturated carbocycles. The van der Waals surface area contributed by atoms with E-state index in [0.29, 0.717) is 23.7 Å². The minimum Gasteiger partial charge on any atom is -0.317 e. The first-order valence-electron chi connectivity index (χ1n) is 7.54. The Morgan fingerprint density at radius 3 is 2.23 bits per heavy atom. The van der Waals surface area contributed by atoms with Crippen LogP contribution in [0.2, 0.25) is 0 Å². The Morgan fingerprint density at radius 2 is 1.68 bits per heavy atom. The summed E-state index contributed by atoms with van der Waals surface area (Å²) in [6, 6.07) is 7.60. The summed E-state index contributed by atoms with van der Waals surface area (Å²) in [7, 11) is 2.08. The molecule has 1 saturated heterocycles. The number of carbonyl (C=O) groups excluding carboxylic acids is 2. The van der Waals surface area contributed by atoms with Crippen LogP contribution in [0.3, 0.4) is 0 Å². The van der Waals surface area contributed by atoms with E-state index >= 15 is 0 Å². The predicted molar refractivity (Wildman–Crippen MR) is 87.6 cm³/mol. The van der Waals surface area contributed by atoms with Crippen LogP contribution < -0.4 is 5.32 Å². The quantitative estimate of drug-likeness (QED) is 0.851. The molecule has 0 aliphatic carbocycles. The first kappa shape index (κ1) is 16.9. The van der Waals surface area contributed by atoms with Crippen molar-refractivity contribution in [1.29, 1.82) is 0 Å². The molecule has 0 aromatic heterocycles. The van der Waals surface area contributed by atoms with Gasteiger partial charge in [-0.1, -0.05) is 12.1 Å². The van der Waals surface area contributed by atoms with E-state index in [0.717, 1.165) is 32.5 Å². The predicted octanol–water partition coefficient (Wildman–Crippen LogP) is 1.39. The molecular weight excluding hydrogens is 302 g/mol. The highest BCUT2D eigenvalue weighted by Gasteiger charge is 2.35. The number of halogens is 1. The molecule has 1 N–H and O–H groups in total. The van der Waals surface area contributed by atoms with Gasteiger partial charge in [0.05, 0.1) is 11.1 Å². The molecule has 3 rings (SSSR count). The van der Waals surface area contributed by atoms with E-state index in [9.17, 15) is 9.59 Å². The SMILES string of the molecule is CN(CCN1C(=O)c2ccccc2C1=O)C1CCNCC1.Cl. The molecule has 2 heterocycles. The van der Waals surface area contributed by atoms with E-state index in [2.05, 4.69) is 17.3 Å². The number of likely N-dealkylation sites (N-methyl/N-ethyl adjacent to an activating group) is 1. The molecule has 0 atom stereocenters. The fourth-order valence-electron chi connectivity index (χ4n) is 3.13. The minimum atomic E-state index is -0.158. The van der Waals surface area contributed by atoms with Crippen LogP contribution in [0.1, 0.15) is 33.6 Å². The molecule has 6 heteroatoms. The highest BCUT2D eigenvalue weighted by atomic mass is 35.5. The molecule has 2 amide bonds. The van der Waals surface area contributed by atoms with Gasteiger partial charge in [0.1, 0.15) is 0 Å². The second-order valence-corrected chi connectivity index (χ2v) is 5.77. The topological polar surface area (TPSA) is 52.7 Å². The van der Waals surface area contributed by atoms with Gasteiger partial charge in [-0.15, -0.1) is 12.4 Å². The van der Waals surface area contributed by atoms with Gasteiger partial charge in [-0.25, -0.2) is 0 Å². The molecule has 0 spiro atoms. The fourth-order valence-corrected chi connectivity index (χ4v) is 3.13. The lowest BCUT2D eigenvalue weighted by atomic mass is 10.1. The van der Waals surface area contributed by atoms with Crippen LogP contribution in [0.15, 0.2) is 24.3 Å². The third kappa shape index (κ3) is 3.16. The molecule has 0 radical (unpaired) electrons. The minimum absolute atomic E-state index is 0. The number of rotatable bonds is 4. The van der Waals surface area contributed by atoms with Crippen molar-refractivity contribution < 1.29 is 9.59 Å². The Morgan fingerprint density at radius 1 is 1.14 bits per heavy atom. The number of carbonyl (C=O) groups is 2. The second-order valence-electron chi connectivity index (χ2n) is 5.77. The summed E-state index contributed by atoms with van der Waals surface area (Å²) in [5.74, 6) is -0.316. The van der Waals surface area contributed by atoms with Crippen molar-refractivity contribution in [3.05, 3.63) is 35.4 Å². The van der Waals surface area contributed by atoms with Crippen LogP contribution in [0.25, 0.3) is 0 Å². The Hall–Kier alpha value is -1.43. The number of imide groups is 1. The van der Waals surface area contributed by atoms with Gasteiger partial charge in [-0.3, -0.25) is 14.5 Å². The largest absolute Gasteiger partial charge is 0.317 e. The van der Waals surface area contributed by atoms with Crippen LogP contribution in [-0.2, 0) is 0 Å². The summed E-state index contributed by atoms with van der Waals surface area (Å²) in [6.45, 7) is 3.28. The molecular formula is C16H22ClN3O2. The smallest absolute Gasteiger partial charge is 0.261 e. The van der Waals surface area contributed by atoms with Crippen molar-refractivity contribution in [2.24, 2.45) is 0 Å². The van der Waals surface area contributed by atoms with Crippen molar-refractivity contribution >= 4 is 24.2 Å². The lowest BCUT2D eigenvalue weighted by molar-refractivity contribution is 0.0628. The molecule has 2 aliphatic rings. The first-order valence-corrected chi connectivity index (χ1v) is 7.54. The van der Waals surface area contributed by atoms with Gasteiger partial charge in [-0.2, -0.15) is 0 Å². The molecule has 0 unspecified atom stereocenters. The van der Waals surface area contributed by atoms with Gasteiger partial charge in [0, 0.05) is 19.1 Å². The van der Waals surface area contributed by atoms with Crippen LogP contribution in [-0.4, -0.2) is 60.9 Å². The zero-order valence-corrected chi connectivity index (χ0v) is 13.6. The molecule has 1 aromatic carbocycles.